The molecule has 0 aromatic rings. The Bertz CT molecular complexity index is 313. The maximum Gasteiger partial charge on any atom is 0.0791 e. The number of nitrogens with zero attached hydrogens (tertiary/aromatic N) is 3. The largest absolute Gasteiger partial charge is 0.301 e. The summed E-state index contributed by atoms with van der Waals surface area (Å²) in [7, 11) is 0. The van der Waals surface area contributed by atoms with E-state index in [0.717, 1.165) is 12.5 Å². The molecule has 3 rings (SSSR count). The van der Waals surface area contributed by atoms with Crippen LogP contribution < -0.4 is 10.7 Å². The molecule has 3 saturated heterocycles. The molecule has 3 aliphatic heterocycles. The summed E-state index contributed by atoms with van der Waals surface area (Å²) in [6.45, 7) is 14.2. The van der Waals surface area contributed by atoms with Gasteiger partial charge in [-0.15, -0.1) is 0 Å². The predicted octanol–water partition coefficient (Wildman–Crippen LogP) is 0.504. The highest BCUT2D eigenvalue weighted by molar-refractivity contribution is 4.91. The normalized spacial score (nSPS) is 37.5. The average Bonchev–Trinajstić information content (AvgIpc) is 2.86. The number of rotatable bonds is 3. The van der Waals surface area contributed by atoms with E-state index in [1.165, 1.54) is 45.6 Å². The molecule has 0 radical (unpaired) electrons. The summed E-state index contributed by atoms with van der Waals surface area (Å²) in [5, 5.41) is 6.19. The Morgan fingerprint density at radius 3 is 2.60 bits per heavy atom. The molecular formula is C15H31N5. The minimum Gasteiger partial charge on any atom is -0.301 e. The smallest absolute Gasteiger partial charge is 0.0791 e. The van der Waals surface area contributed by atoms with Crippen molar-refractivity contribution in [3.63, 3.8) is 0 Å². The van der Waals surface area contributed by atoms with Crippen LogP contribution in [0.3, 0.4) is 0 Å². The molecule has 3 aliphatic rings. The Morgan fingerprint density at radius 1 is 1.15 bits per heavy atom. The lowest BCUT2D eigenvalue weighted by Crippen LogP contribution is -2.66. The predicted molar refractivity (Wildman–Crippen MR) is 82.1 cm³/mol. The molecule has 116 valence electrons. The molecule has 2 N–H and O–H groups in total. The van der Waals surface area contributed by atoms with Crippen LogP contribution in [0.15, 0.2) is 0 Å². The summed E-state index contributed by atoms with van der Waals surface area (Å²) in [6.07, 6.45) is 3.58. The minimum atomic E-state index is 0.539. The lowest BCUT2D eigenvalue weighted by Gasteiger charge is -2.48. The van der Waals surface area contributed by atoms with Gasteiger partial charge in [0.15, 0.2) is 0 Å². The van der Waals surface area contributed by atoms with Gasteiger partial charge in [-0.1, -0.05) is 13.8 Å². The highest BCUT2D eigenvalue weighted by atomic mass is 15.7. The van der Waals surface area contributed by atoms with E-state index in [0.29, 0.717) is 18.4 Å². The first-order valence-electron chi connectivity index (χ1n) is 8.38. The van der Waals surface area contributed by atoms with Crippen molar-refractivity contribution in [2.75, 3.05) is 39.3 Å². The Labute approximate surface area is 123 Å². The third-order valence-corrected chi connectivity index (χ3v) is 4.86. The van der Waals surface area contributed by atoms with Gasteiger partial charge in [0.1, 0.15) is 0 Å². The van der Waals surface area contributed by atoms with Crippen LogP contribution in [0, 0.1) is 5.92 Å². The third-order valence-electron chi connectivity index (χ3n) is 4.86. The fourth-order valence-electron chi connectivity index (χ4n) is 3.97. The first-order valence-corrected chi connectivity index (χ1v) is 8.38. The molecule has 20 heavy (non-hydrogen) atoms. The van der Waals surface area contributed by atoms with Gasteiger partial charge in [-0.05, 0) is 25.7 Å². The van der Waals surface area contributed by atoms with E-state index in [-0.39, 0.29) is 0 Å². The van der Waals surface area contributed by atoms with Gasteiger partial charge in [-0.2, -0.15) is 0 Å². The fraction of sp³-hybridized carbons (Fsp3) is 1.00. The van der Waals surface area contributed by atoms with E-state index in [1.54, 1.807) is 0 Å². The molecule has 0 amide bonds. The van der Waals surface area contributed by atoms with Gasteiger partial charge in [-0.25, -0.2) is 5.01 Å². The number of nitrogens with one attached hydrogen (secondary N) is 2. The van der Waals surface area contributed by atoms with Crippen molar-refractivity contribution < 1.29 is 0 Å². The maximum atomic E-state index is 3.71. The Hall–Kier alpha value is -0.200. The van der Waals surface area contributed by atoms with E-state index in [4.69, 9.17) is 0 Å². The molecule has 0 saturated carbocycles. The van der Waals surface area contributed by atoms with Crippen molar-refractivity contribution in [2.45, 2.75) is 52.0 Å². The van der Waals surface area contributed by atoms with Gasteiger partial charge in [0.05, 0.1) is 12.3 Å². The van der Waals surface area contributed by atoms with Crippen LogP contribution in [0.25, 0.3) is 0 Å². The van der Waals surface area contributed by atoms with Crippen molar-refractivity contribution in [1.29, 1.82) is 0 Å². The van der Waals surface area contributed by atoms with Crippen LogP contribution in [-0.4, -0.2) is 72.5 Å². The average molecular weight is 281 g/mol. The zero-order chi connectivity index (χ0) is 14.1. The summed E-state index contributed by atoms with van der Waals surface area (Å²) in [6, 6.07) is 0.634. The Balaban J connectivity index is 1.56. The number of hydrogen-bond acceptors (Lipinski definition) is 5. The molecule has 3 fully saturated rings. The van der Waals surface area contributed by atoms with Crippen molar-refractivity contribution >= 4 is 0 Å². The molecule has 0 spiro atoms. The fourth-order valence-corrected chi connectivity index (χ4v) is 3.97. The van der Waals surface area contributed by atoms with E-state index < -0.39 is 0 Å². The molecule has 3 atom stereocenters. The Morgan fingerprint density at radius 2 is 1.90 bits per heavy atom. The third kappa shape index (κ3) is 3.17. The monoisotopic (exact) mass is 281 g/mol. The first-order chi connectivity index (χ1) is 9.63. The van der Waals surface area contributed by atoms with E-state index in [9.17, 15) is 0 Å². The van der Waals surface area contributed by atoms with Gasteiger partial charge in [0.25, 0.3) is 0 Å². The van der Waals surface area contributed by atoms with Gasteiger partial charge in [-0.3, -0.25) is 15.6 Å². The van der Waals surface area contributed by atoms with Crippen LogP contribution in [0.5, 0.6) is 0 Å². The topological polar surface area (TPSA) is 33.8 Å². The summed E-state index contributed by atoms with van der Waals surface area (Å²) in [4.78, 5) is 5.32. The highest BCUT2D eigenvalue weighted by Crippen LogP contribution is 2.24. The molecule has 5 heteroatoms. The van der Waals surface area contributed by atoms with E-state index >= 15 is 0 Å². The molecule has 0 aliphatic carbocycles. The summed E-state index contributed by atoms with van der Waals surface area (Å²) in [5.74, 6) is 0.782. The zero-order valence-electron chi connectivity index (χ0n) is 13.3. The molecule has 3 heterocycles. The minimum absolute atomic E-state index is 0.539. The van der Waals surface area contributed by atoms with Gasteiger partial charge >= 0.3 is 0 Å². The lowest BCUT2D eigenvalue weighted by molar-refractivity contribution is -0.0640. The van der Waals surface area contributed by atoms with Crippen molar-refractivity contribution in [3.8, 4) is 0 Å². The van der Waals surface area contributed by atoms with Crippen LogP contribution in [0.1, 0.15) is 33.6 Å². The number of fused-ring (bicyclic) bond motifs is 1. The zero-order valence-corrected chi connectivity index (χ0v) is 13.3. The molecule has 0 bridgehead atoms. The lowest BCUT2D eigenvalue weighted by atomic mass is 10.1. The van der Waals surface area contributed by atoms with E-state index in [2.05, 4.69) is 46.3 Å². The SMILES string of the molecule is CC(C)CN1CCN(C2CC(C)NC3CCNN32)CC1. The second kappa shape index (κ2) is 6.28. The molecule has 3 unspecified atom stereocenters. The van der Waals surface area contributed by atoms with Crippen molar-refractivity contribution in [1.82, 2.24) is 25.6 Å². The van der Waals surface area contributed by atoms with Gasteiger partial charge in [0.2, 0.25) is 0 Å². The summed E-state index contributed by atoms with van der Waals surface area (Å²) in [5.41, 5.74) is 3.59. The van der Waals surface area contributed by atoms with Crippen LogP contribution in [0.2, 0.25) is 0 Å². The van der Waals surface area contributed by atoms with Crippen LogP contribution in [0.4, 0.5) is 0 Å². The highest BCUT2D eigenvalue weighted by Gasteiger charge is 2.40. The molecule has 5 nitrogen and oxygen atoms in total. The molecule has 0 aromatic heterocycles. The van der Waals surface area contributed by atoms with E-state index in [1.807, 2.05) is 0 Å². The van der Waals surface area contributed by atoms with Crippen LogP contribution in [-0.2, 0) is 0 Å². The second-order valence-corrected chi connectivity index (χ2v) is 7.13. The maximum absolute atomic E-state index is 3.71. The van der Waals surface area contributed by atoms with Crippen molar-refractivity contribution in [3.05, 3.63) is 0 Å². The second-order valence-electron chi connectivity index (χ2n) is 7.13. The van der Waals surface area contributed by atoms with Gasteiger partial charge in [0, 0.05) is 45.3 Å². The summed E-state index contributed by atoms with van der Waals surface area (Å²) < 4.78 is 0. The molecular weight excluding hydrogens is 250 g/mol. The number of hydrogen-bond donors (Lipinski definition) is 2. The molecule has 0 aromatic carbocycles. The summed E-state index contributed by atoms with van der Waals surface area (Å²) >= 11 is 0. The first kappa shape index (κ1) is 14.7. The van der Waals surface area contributed by atoms with Gasteiger partial charge < -0.3 is 4.90 Å². The Kier molecular flexibility index (Phi) is 4.62. The van der Waals surface area contributed by atoms with Crippen LogP contribution >= 0.6 is 0 Å². The van der Waals surface area contributed by atoms with Crippen molar-refractivity contribution in [2.24, 2.45) is 5.92 Å². The standard InChI is InChI=1S/C15H31N5/c1-12(2)11-18-6-8-19(9-7-18)15-10-13(3)17-14-4-5-16-20(14)15/h12-17H,4-11H2,1-3H3. The quantitative estimate of drug-likeness (QED) is 0.788. The number of piperazine rings is 1. The number of hydrazine groups is 1.